The Labute approximate surface area is 161 Å². The second-order valence-corrected chi connectivity index (χ2v) is 8.26. The molecule has 0 saturated carbocycles. The third kappa shape index (κ3) is 2.92. The van der Waals surface area contributed by atoms with Gasteiger partial charge in [-0.3, -0.25) is 9.59 Å². The number of esters is 1. The zero-order valence-electron chi connectivity index (χ0n) is 15.7. The van der Waals surface area contributed by atoms with Gasteiger partial charge in [-0.2, -0.15) is 0 Å². The topological polar surface area (TPSA) is 73.2 Å². The van der Waals surface area contributed by atoms with E-state index < -0.39 is 11.5 Å². The second kappa shape index (κ2) is 6.20. The van der Waals surface area contributed by atoms with Crippen LogP contribution in [0.25, 0.3) is 22.2 Å². The molecule has 0 spiro atoms. The number of cyclic esters (lactones) is 1. The molecular formula is C20H21N3O3S. The van der Waals surface area contributed by atoms with Gasteiger partial charge in [0.2, 0.25) is 5.91 Å². The highest BCUT2D eigenvalue weighted by Gasteiger charge is 2.46. The van der Waals surface area contributed by atoms with Gasteiger partial charge in [-0.1, -0.05) is 18.2 Å². The number of fused-ring (bicyclic) bond motifs is 1. The fourth-order valence-corrected chi connectivity index (χ4v) is 4.41. The Bertz CT molecular complexity index is 1060. The summed E-state index contributed by atoms with van der Waals surface area (Å²) in [6.07, 6.45) is 0.0967. The van der Waals surface area contributed by atoms with E-state index in [0.29, 0.717) is 5.13 Å². The minimum atomic E-state index is -0.798. The van der Waals surface area contributed by atoms with Crippen LogP contribution in [0.3, 0.4) is 0 Å². The lowest BCUT2D eigenvalue weighted by molar-refractivity contribution is -0.147. The van der Waals surface area contributed by atoms with Gasteiger partial charge in [0, 0.05) is 34.6 Å². The molecule has 2 aromatic heterocycles. The van der Waals surface area contributed by atoms with Gasteiger partial charge >= 0.3 is 5.97 Å². The van der Waals surface area contributed by atoms with Gasteiger partial charge in [-0.15, -0.1) is 11.3 Å². The molecule has 6 nitrogen and oxygen atoms in total. The second-order valence-electron chi connectivity index (χ2n) is 7.40. The molecule has 1 saturated heterocycles. The van der Waals surface area contributed by atoms with Crippen molar-refractivity contribution in [3.05, 3.63) is 35.3 Å². The summed E-state index contributed by atoms with van der Waals surface area (Å²) in [6.45, 7) is 5.58. The SMILES string of the molecule is Cc1c(-c2csc(NC(=O)[C@@H]3CC(=O)OC3(C)C)n2)c2ccccc2n1C. The first-order chi connectivity index (χ1) is 12.8. The average molecular weight is 383 g/mol. The van der Waals surface area contributed by atoms with Gasteiger partial charge in [0.15, 0.2) is 5.13 Å². The van der Waals surface area contributed by atoms with Crippen LogP contribution in [0.15, 0.2) is 29.6 Å². The number of ether oxygens (including phenoxy) is 1. The van der Waals surface area contributed by atoms with Crippen molar-refractivity contribution in [3.63, 3.8) is 0 Å². The number of anilines is 1. The number of carbonyl (C=O) groups is 2. The van der Waals surface area contributed by atoms with Crippen molar-refractivity contribution in [3.8, 4) is 11.3 Å². The zero-order valence-corrected chi connectivity index (χ0v) is 16.5. The lowest BCUT2D eigenvalue weighted by Gasteiger charge is -2.23. The molecule has 140 valence electrons. The van der Waals surface area contributed by atoms with E-state index in [-0.39, 0.29) is 18.3 Å². The molecular weight excluding hydrogens is 362 g/mol. The first-order valence-electron chi connectivity index (χ1n) is 8.80. The quantitative estimate of drug-likeness (QED) is 0.697. The van der Waals surface area contributed by atoms with Crippen molar-refractivity contribution in [2.45, 2.75) is 32.8 Å². The van der Waals surface area contributed by atoms with Gasteiger partial charge < -0.3 is 14.6 Å². The molecule has 1 aliphatic rings. The lowest BCUT2D eigenvalue weighted by atomic mass is 9.90. The smallest absolute Gasteiger partial charge is 0.307 e. The monoisotopic (exact) mass is 383 g/mol. The van der Waals surface area contributed by atoms with Crippen molar-refractivity contribution >= 4 is 39.2 Å². The van der Waals surface area contributed by atoms with Crippen LogP contribution in [0, 0.1) is 12.8 Å². The molecule has 1 N–H and O–H groups in total. The number of hydrogen-bond donors (Lipinski definition) is 1. The molecule has 0 aliphatic carbocycles. The average Bonchev–Trinajstić information content (AvgIpc) is 3.24. The molecule has 7 heteroatoms. The highest BCUT2D eigenvalue weighted by atomic mass is 32.1. The fraction of sp³-hybridized carbons (Fsp3) is 0.350. The highest BCUT2D eigenvalue weighted by Crippen LogP contribution is 2.37. The largest absolute Gasteiger partial charge is 0.459 e. The van der Waals surface area contributed by atoms with Crippen LogP contribution in [0.5, 0.6) is 0 Å². The van der Waals surface area contributed by atoms with Gasteiger partial charge in [0.25, 0.3) is 0 Å². The van der Waals surface area contributed by atoms with Gasteiger partial charge in [0.05, 0.1) is 18.0 Å². The summed E-state index contributed by atoms with van der Waals surface area (Å²) < 4.78 is 7.39. The predicted molar refractivity (Wildman–Crippen MR) is 106 cm³/mol. The maximum Gasteiger partial charge on any atom is 0.307 e. The number of nitrogens with one attached hydrogen (secondary N) is 1. The first-order valence-corrected chi connectivity index (χ1v) is 9.68. The fourth-order valence-electron chi connectivity index (χ4n) is 3.71. The molecule has 4 rings (SSSR count). The van der Waals surface area contributed by atoms with Crippen LogP contribution >= 0.6 is 11.3 Å². The summed E-state index contributed by atoms with van der Waals surface area (Å²) in [7, 11) is 2.04. The number of nitrogens with zero attached hydrogens (tertiary/aromatic N) is 2. The van der Waals surface area contributed by atoms with Crippen LogP contribution < -0.4 is 5.32 Å². The minimum absolute atomic E-state index is 0.0967. The molecule has 3 heterocycles. The van der Waals surface area contributed by atoms with E-state index in [1.165, 1.54) is 11.3 Å². The molecule has 3 aromatic rings. The molecule has 0 unspecified atom stereocenters. The Kier molecular flexibility index (Phi) is 4.07. The molecule has 27 heavy (non-hydrogen) atoms. The third-order valence-electron chi connectivity index (χ3n) is 5.29. The molecule has 1 atom stereocenters. The van der Waals surface area contributed by atoms with Crippen molar-refractivity contribution in [1.82, 2.24) is 9.55 Å². The van der Waals surface area contributed by atoms with E-state index >= 15 is 0 Å². The Hall–Kier alpha value is -2.67. The molecule has 0 bridgehead atoms. The summed E-state index contributed by atoms with van der Waals surface area (Å²) in [4.78, 5) is 28.8. The number of aryl methyl sites for hydroxylation is 1. The first kappa shape index (κ1) is 17.7. The Morgan fingerprint density at radius 3 is 2.81 bits per heavy atom. The summed E-state index contributed by atoms with van der Waals surface area (Å²) in [6, 6.07) is 8.20. The predicted octanol–water partition coefficient (Wildman–Crippen LogP) is 3.89. The van der Waals surface area contributed by atoms with Gasteiger partial charge in [0.1, 0.15) is 5.60 Å². The minimum Gasteiger partial charge on any atom is -0.459 e. The van der Waals surface area contributed by atoms with E-state index in [1.807, 2.05) is 24.6 Å². The molecule has 1 amide bonds. The third-order valence-corrected chi connectivity index (χ3v) is 6.05. The summed E-state index contributed by atoms with van der Waals surface area (Å²) in [5.74, 6) is -1.09. The number of thiazole rings is 1. The van der Waals surface area contributed by atoms with Crippen molar-refractivity contribution in [2.24, 2.45) is 13.0 Å². The van der Waals surface area contributed by atoms with Gasteiger partial charge in [-0.25, -0.2) is 4.98 Å². The number of rotatable bonds is 3. The standard InChI is InChI=1S/C20H21N3O3S/c1-11-17(12-7-5-6-8-15(12)23(11)4)14-10-27-19(21-14)22-18(25)13-9-16(24)26-20(13,2)3/h5-8,10,13H,9H2,1-4H3,(H,21,22,25)/t13-/m0/s1. The molecule has 1 fully saturated rings. The normalized spacial score (nSPS) is 18.7. The Morgan fingerprint density at radius 1 is 1.37 bits per heavy atom. The van der Waals surface area contributed by atoms with Crippen LogP contribution in [-0.2, 0) is 21.4 Å². The van der Waals surface area contributed by atoms with E-state index in [1.54, 1.807) is 13.8 Å². The number of benzene rings is 1. The lowest BCUT2D eigenvalue weighted by Crippen LogP contribution is -2.36. The van der Waals surface area contributed by atoms with Crippen molar-refractivity contribution in [2.75, 3.05) is 5.32 Å². The number of para-hydroxylation sites is 1. The van der Waals surface area contributed by atoms with E-state index in [9.17, 15) is 9.59 Å². The van der Waals surface area contributed by atoms with E-state index in [0.717, 1.165) is 27.9 Å². The Balaban J connectivity index is 1.63. The maximum absolute atomic E-state index is 12.6. The molecule has 0 radical (unpaired) electrons. The zero-order chi connectivity index (χ0) is 19.3. The summed E-state index contributed by atoms with van der Waals surface area (Å²) >= 11 is 1.38. The molecule has 1 aromatic carbocycles. The Morgan fingerprint density at radius 2 is 2.11 bits per heavy atom. The van der Waals surface area contributed by atoms with E-state index in [4.69, 9.17) is 4.74 Å². The van der Waals surface area contributed by atoms with Crippen molar-refractivity contribution < 1.29 is 14.3 Å². The van der Waals surface area contributed by atoms with E-state index in [2.05, 4.69) is 33.9 Å². The van der Waals surface area contributed by atoms with Crippen LogP contribution in [0.4, 0.5) is 5.13 Å². The highest BCUT2D eigenvalue weighted by molar-refractivity contribution is 7.14. The number of hydrogen-bond acceptors (Lipinski definition) is 5. The number of amides is 1. The summed E-state index contributed by atoms with van der Waals surface area (Å²) in [5, 5.41) is 6.47. The summed E-state index contributed by atoms with van der Waals surface area (Å²) in [5.41, 5.74) is 3.38. The number of aromatic nitrogens is 2. The van der Waals surface area contributed by atoms with Crippen LogP contribution in [-0.4, -0.2) is 27.0 Å². The van der Waals surface area contributed by atoms with Gasteiger partial charge in [-0.05, 0) is 26.8 Å². The molecule has 1 aliphatic heterocycles. The van der Waals surface area contributed by atoms with Crippen LogP contribution in [0.1, 0.15) is 26.0 Å². The maximum atomic E-state index is 12.6. The van der Waals surface area contributed by atoms with Crippen LogP contribution in [0.2, 0.25) is 0 Å². The van der Waals surface area contributed by atoms with Crippen molar-refractivity contribution in [1.29, 1.82) is 0 Å². The number of carbonyl (C=O) groups excluding carboxylic acids is 2.